The van der Waals surface area contributed by atoms with Crippen LogP contribution in [-0.2, 0) is 4.79 Å². The number of fused-ring (bicyclic) bond motifs is 5. The molecule has 6 heteroatoms. The number of amides is 1. The lowest BCUT2D eigenvalue weighted by atomic mass is 9.44. The number of carbonyl (C=O) groups is 1. The standard InChI is InChI=1S/C33H62N4O2/c1-24(7-12-31(39)37-22-6-21-36-20-5-19-35-18-4-17-34)28-10-11-29-27-9-8-25-23-26(38)13-15-32(25,2)30(27)14-16-33(28,29)3/h24-30,35-36,38H,4-23,34H2,1-3H3,(H,37,39)/t24-,25-,26-,27+,28-,29?,30+,32+,33-/m1/s1. The number of nitrogens with two attached hydrogens (primary N) is 1. The van der Waals surface area contributed by atoms with Gasteiger partial charge in [0, 0.05) is 13.0 Å². The molecule has 0 aromatic rings. The van der Waals surface area contributed by atoms with E-state index in [4.69, 9.17) is 5.73 Å². The van der Waals surface area contributed by atoms with Crippen molar-refractivity contribution in [3.63, 3.8) is 0 Å². The Hall–Kier alpha value is -0.690. The second-order valence-electron chi connectivity index (χ2n) is 14.5. The van der Waals surface area contributed by atoms with Crippen molar-refractivity contribution in [3.05, 3.63) is 0 Å². The van der Waals surface area contributed by atoms with E-state index in [0.29, 0.717) is 23.2 Å². The Balaban J connectivity index is 1.14. The van der Waals surface area contributed by atoms with Crippen molar-refractivity contribution in [2.24, 2.45) is 52.1 Å². The molecule has 6 N–H and O–H groups in total. The second kappa shape index (κ2) is 14.5. The van der Waals surface area contributed by atoms with Crippen LogP contribution in [-0.4, -0.2) is 56.4 Å². The van der Waals surface area contributed by atoms with Gasteiger partial charge in [0.25, 0.3) is 0 Å². The van der Waals surface area contributed by atoms with Crippen LogP contribution in [0.5, 0.6) is 0 Å². The van der Waals surface area contributed by atoms with E-state index in [9.17, 15) is 9.90 Å². The van der Waals surface area contributed by atoms with Crippen molar-refractivity contribution in [2.45, 2.75) is 117 Å². The van der Waals surface area contributed by atoms with E-state index in [1.165, 1.54) is 44.9 Å². The topological polar surface area (TPSA) is 99.4 Å². The summed E-state index contributed by atoms with van der Waals surface area (Å²) in [6.07, 6.45) is 16.4. The third-order valence-electron chi connectivity index (χ3n) is 12.3. The molecule has 0 bridgehead atoms. The molecule has 6 nitrogen and oxygen atoms in total. The maximum absolute atomic E-state index is 12.6. The minimum atomic E-state index is -0.0523. The predicted octanol–water partition coefficient (Wildman–Crippen LogP) is 4.85. The van der Waals surface area contributed by atoms with Crippen LogP contribution in [0, 0.1) is 46.3 Å². The van der Waals surface area contributed by atoms with E-state index in [0.717, 1.165) is 107 Å². The zero-order chi connectivity index (χ0) is 27.9. The van der Waals surface area contributed by atoms with Crippen LogP contribution < -0.4 is 21.7 Å². The molecule has 4 aliphatic rings. The van der Waals surface area contributed by atoms with E-state index in [1.807, 2.05) is 0 Å². The molecule has 0 saturated heterocycles. The predicted molar refractivity (Wildman–Crippen MR) is 161 cm³/mol. The molecule has 0 aromatic heterocycles. The maximum atomic E-state index is 12.6. The molecule has 39 heavy (non-hydrogen) atoms. The van der Waals surface area contributed by atoms with Crippen molar-refractivity contribution in [3.8, 4) is 0 Å². The van der Waals surface area contributed by atoms with Gasteiger partial charge in [-0.3, -0.25) is 4.79 Å². The molecule has 0 aromatic carbocycles. The zero-order valence-corrected chi connectivity index (χ0v) is 25.6. The van der Waals surface area contributed by atoms with E-state index >= 15 is 0 Å². The number of hydrogen-bond acceptors (Lipinski definition) is 5. The fourth-order valence-electron chi connectivity index (χ4n) is 10.1. The summed E-state index contributed by atoms with van der Waals surface area (Å²) in [7, 11) is 0. The Morgan fingerprint density at radius 2 is 1.54 bits per heavy atom. The van der Waals surface area contributed by atoms with Gasteiger partial charge in [-0.25, -0.2) is 0 Å². The molecule has 4 saturated carbocycles. The van der Waals surface area contributed by atoms with Gasteiger partial charge in [-0.2, -0.15) is 0 Å². The van der Waals surface area contributed by atoms with Crippen LogP contribution in [0.25, 0.3) is 0 Å². The SMILES string of the molecule is C[C@H](CCC(=O)NCCCNCCCNCCCN)[C@H]1CCC2[C@@H]3CC[C@@H]4C[C@H](O)CC[C@]4(C)[C@H]3CC[C@@]21C. The summed E-state index contributed by atoms with van der Waals surface area (Å²) in [5.74, 6) is 5.00. The van der Waals surface area contributed by atoms with E-state index in [-0.39, 0.29) is 12.0 Å². The average molecular weight is 547 g/mol. The molecular weight excluding hydrogens is 484 g/mol. The van der Waals surface area contributed by atoms with Crippen LogP contribution in [0.2, 0.25) is 0 Å². The summed E-state index contributed by atoms with van der Waals surface area (Å²) in [5.41, 5.74) is 6.42. The molecule has 226 valence electrons. The normalized spacial score (nSPS) is 38.5. The molecule has 1 unspecified atom stereocenters. The Morgan fingerprint density at radius 1 is 0.872 bits per heavy atom. The fourth-order valence-corrected chi connectivity index (χ4v) is 10.1. The molecule has 0 heterocycles. The lowest BCUT2D eigenvalue weighted by Gasteiger charge is -2.61. The highest BCUT2D eigenvalue weighted by Crippen LogP contribution is 2.68. The van der Waals surface area contributed by atoms with Crippen LogP contribution >= 0.6 is 0 Å². The molecule has 4 fully saturated rings. The smallest absolute Gasteiger partial charge is 0.220 e. The van der Waals surface area contributed by atoms with Crippen molar-refractivity contribution in [1.82, 2.24) is 16.0 Å². The minimum Gasteiger partial charge on any atom is -0.393 e. The van der Waals surface area contributed by atoms with Gasteiger partial charge in [0.2, 0.25) is 5.91 Å². The number of aliphatic hydroxyl groups is 1. The summed E-state index contributed by atoms with van der Waals surface area (Å²) in [6.45, 7) is 13.2. The van der Waals surface area contributed by atoms with Gasteiger partial charge in [0.1, 0.15) is 0 Å². The molecule has 9 atom stereocenters. The first-order valence-electron chi connectivity index (χ1n) is 16.9. The number of carbonyl (C=O) groups excluding carboxylic acids is 1. The Labute approximate surface area is 239 Å². The van der Waals surface area contributed by atoms with Gasteiger partial charge in [-0.1, -0.05) is 20.8 Å². The quantitative estimate of drug-likeness (QED) is 0.189. The summed E-state index contributed by atoms with van der Waals surface area (Å²) in [6, 6.07) is 0. The van der Waals surface area contributed by atoms with E-state index in [2.05, 4.69) is 36.7 Å². The van der Waals surface area contributed by atoms with Gasteiger partial charge in [0.05, 0.1) is 6.10 Å². The first-order valence-corrected chi connectivity index (χ1v) is 16.9. The summed E-state index contributed by atoms with van der Waals surface area (Å²) in [5, 5.41) is 20.4. The van der Waals surface area contributed by atoms with Crippen molar-refractivity contribution in [1.29, 1.82) is 0 Å². The minimum absolute atomic E-state index is 0.0523. The lowest BCUT2D eigenvalue weighted by molar-refractivity contribution is -0.129. The average Bonchev–Trinajstić information content (AvgIpc) is 3.28. The second-order valence-corrected chi connectivity index (χ2v) is 14.5. The van der Waals surface area contributed by atoms with Crippen LogP contribution in [0.15, 0.2) is 0 Å². The van der Waals surface area contributed by atoms with Crippen LogP contribution in [0.4, 0.5) is 0 Å². The Kier molecular flexibility index (Phi) is 11.6. The number of rotatable bonds is 15. The van der Waals surface area contributed by atoms with Crippen LogP contribution in [0.1, 0.15) is 111 Å². The fraction of sp³-hybridized carbons (Fsp3) is 0.970. The van der Waals surface area contributed by atoms with Crippen LogP contribution in [0.3, 0.4) is 0 Å². The van der Waals surface area contributed by atoms with Crippen molar-refractivity contribution >= 4 is 5.91 Å². The maximum Gasteiger partial charge on any atom is 0.220 e. The first kappa shape index (κ1) is 31.3. The Bertz CT molecular complexity index is 764. The third-order valence-corrected chi connectivity index (χ3v) is 12.3. The summed E-state index contributed by atoms with van der Waals surface area (Å²) in [4.78, 5) is 12.6. The molecule has 0 spiro atoms. The highest BCUT2D eigenvalue weighted by atomic mass is 16.3. The molecule has 1 amide bonds. The van der Waals surface area contributed by atoms with Gasteiger partial charge in [0.15, 0.2) is 0 Å². The first-order chi connectivity index (χ1) is 18.8. The highest BCUT2D eigenvalue weighted by molar-refractivity contribution is 5.75. The zero-order valence-electron chi connectivity index (χ0n) is 25.6. The van der Waals surface area contributed by atoms with Gasteiger partial charge >= 0.3 is 0 Å². The number of nitrogens with one attached hydrogen (secondary N) is 3. The summed E-state index contributed by atoms with van der Waals surface area (Å²) < 4.78 is 0. The van der Waals surface area contributed by atoms with Crippen molar-refractivity contribution < 1.29 is 9.90 Å². The highest BCUT2D eigenvalue weighted by Gasteiger charge is 2.60. The molecule has 0 radical (unpaired) electrons. The van der Waals surface area contributed by atoms with Gasteiger partial charge in [-0.05, 0) is 163 Å². The van der Waals surface area contributed by atoms with Gasteiger partial charge < -0.3 is 26.8 Å². The van der Waals surface area contributed by atoms with Gasteiger partial charge in [-0.15, -0.1) is 0 Å². The monoisotopic (exact) mass is 546 g/mol. The molecular formula is C33H62N4O2. The number of aliphatic hydroxyl groups excluding tert-OH is 1. The summed E-state index contributed by atoms with van der Waals surface area (Å²) >= 11 is 0. The largest absolute Gasteiger partial charge is 0.393 e. The van der Waals surface area contributed by atoms with Crippen molar-refractivity contribution in [2.75, 3.05) is 39.3 Å². The number of hydrogen-bond donors (Lipinski definition) is 5. The molecule has 4 aliphatic carbocycles. The Morgan fingerprint density at radius 3 is 2.28 bits per heavy atom. The molecule has 4 rings (SSSR count). The van der Waals surface area contributed by atoms with E-state index in [1.54, 1.807) is 0 Å². The third kappa shape index (κ3) is 7.40. The lowest BCUT2D eigenvalue weighted by Crippen LogP contribution is -2.54. The molecule has 0 aliphatic heterocycles. The van der Waals surface area contributed by atoms with E-state index < -0.39 is 0 Å².